The highest BCUT2D eigenvalue weighted by Crippen LogP contribution is 2.33. The van der Waals surface area contributed by atoms with Crippen LogP contribution in [0, 0.1) is 24.0 Å². The normalized spacial score (nSPS) is 12.7. The molecule has 0 saturated carbocycles. The molecule has 0 bridgehead atoms. The van der Waals surface area contributed by atoms with Gasteiger partial charge in [-0.3, -0.25) is 4.79 Å². The van der Waals surface area contributed by atoms with Crippen molar-refractivity contribution in [1.29, 1.82) is 0 Å². The Morgan fingerprint density at radius 1 is 1.11 bits per heavy atom. The molecule has 0 unspecified atom stereocenters. The van der Waals surface area contributed by atoms with E-state index in [0.717, 1.165) is 0 Å². The summed E-state index contributed by atoms with van der Waals surface area (Å²) in [7, 11) is 0. The summed E-state index contributed by atoms with van der Waals surface area (Å²) >= 11 is 0. The van der Waals surface area contributed by atoms with Crippen molar-refractivity contribution in [2.24, 2.45) is 11.1 Å². The molecule has 1 aromatic rings. The number of hydrogen-bond acceptors (Lipinski definition) is 2. The number of nitrogens with two attached hydrogens (primary N) is 1. The Labute approximate surface area is 106 Å². The summed E-state index contributed by atoms with van der Waals surface area (Å²) in [5.41, 5.74) is 4.03. The Morgan fingerprint density at radius 2 is 1.61 bits per heavy atom. The highest BCUT2D eigenvalue weighted by Gasteiger charge is 2.41. The van der Waals surface area contributed by atoms with Crippen LogP contribution in [0.5, 0.6) is 0 Å². The minimum Gasteiger partial charge on any atom is -0.325 e. The third kappa shape index (κ3) is 2.29. The number of benzene rings is 1. The van der Waals surface area contributed by atoms with Crippen LogP contribution in [-0.4, -0.2) is 11.3 Å². The van der Waals surface area contributed by atoms with Crippen LogP contribution < -0.4 is 5.73 Å². The Hall–Kier alpha value is -1.29. The van der Waals surface area contributed by atoms with Crippen molar-refractivity contribution in [3.05, 3.63) is 34.9 Å². The van der Waals surface area contributed by atoms with E-state index in [9.17, 15) is 13.6 Å². The van der Waals surface area contributed by atoms with Gasteiger partial charge >= 0.3 is 0 Å². The molecule has 18 heavy (non-hydrogen) atoms. The van der Waals surface area contributed by atoms with E-state index in [1.165, 1.54) is 19.1 Å². The lowest BCUT2D eigenvalue weighted by atomic mass is 9.70. The zero-order valence-corrected chi connectivity index (χ0v) is 11.4. The highest BCUT2D eigenvalue weighted by atomic mass is 19.2. The summed E-state index contributed by atoms with van der Waals surface area (Å²) in [6, 6.07) is 2.70. The van der Waals surface area contributed by atoms with Crippen LogP contribution in [0.3, 0.4) is 0 Å². The number of halogens is 2. The van der Waals surface area contributed by atoms with E-state index in [4.69, 9.17) is 5.73 Å². The molecule has 0 aliphatic heterocycles. The zero-order chi connectivity index (χ0) is 14.3. The van der Waals surface area contributed by atoms with Crippen LogP contribution in [0.1, 0.15) is 43.6 Å². The fraction of sp³-hybridized carbons (Fsp3) is 0.500. The van der Waals surface area contributed by atoms with Crippen LogP contribution in [0.4, 0.5) is 8.78 Å². The van der Waals surface area contributed by atoms with E-state index in [2.05, 4.69) is 0 Å². The molecule has 0 fully saturated rings. The fourth-order valence-corrected chi connectivity index (χ4v) is 1.45. The third-order valence-corrected chi connectivity index (χ3v) is 3.70. The predicted molar refractivity (Wildman–Crippen MR) is 67.5 cm³/mol. The molecule has 1 rings (SSSR count). The average Bonchev–Trinajstić information content (AvgIpc) is 2.24. The number of ketones is 1. The van der Waals surface area contributed by atoms with Gasteiger partial charge in [-0.1, -0.05) is 19.9 Å². The van der Waals surface area contributed by atoms with Gasteiger partial charge in [-0.15, -0.1) is 0 Å². The van der Waals surface area contributed by atoms with Gasteiger partial charge in [0, 0.05) is 11.0 Å². The van der Waals surface area contributed by atoms with Gasteiger partial charge in [-0.2, -0.15) is 0 Å². The molecule has 2 N–H and O–H groups in total. The fourth-order valence-electron chi connectivity index (χ4n) is 1.45. The Kier molecular flexibility index (Phi) is 3.63. The lowest BCUT2D eigenvalue weighted by molar-refractivity contribution is 0.0729. The molecule has 0 radical (unpaired) electrons. The zero-order valence-electron chi connectivity index (χ0n) is 11.4. The monoisotopic (exact) mass is 255 g/mol. The van der Waals surface area contributed by atoms with Gasteiger partial charge in [0.25, 0.3) is 0 Å². The molecule has 0 aromatic heterocycles. The molecule has 4 heteroatoms. The van der Waals surface area contributed by atoms with E-state index in [0.29, 0.717) is 0 Å². The molecule has 100 valence electrons. The standard InChI is InChI=1S/C14H19F2NO/c1-8-6-7-9(11(16)10(8)15)12(18)13(2,3)14(4,5)17/h6-7H,17H2,1-5H3. The van der Waals surface area contributed by atoms with E-state index in [-0.39, 0.29) is 11.1 Å². The van der Waals surface area contributed by atoms with Crippen molar-refractivity contribution in [2.75, 3.05) is 0 Å². The lowest BCUT2D eigenvalue weighted by Gasteiger charge is -2.37. The van der Waals surface area contributed by atoms with Gasteiger partial charge in [0.05, 0.1) is 5.56 Å². The molecule has 1 aromatic carbocycles. The summed E-state index contributed by atoms with van der Waals surface area (Å²) < 4.78 is 27.3. The number of aryl methyl sites for hydroxylation is 1. The molecular formula is C14H19F2NO. The van der Waals surface area contributed by atoms with Crippen molar-refractivity contribution in [3.8, 4) is 0 Å². The Balaban J connectivity index is 3.33. The molecule has 0 spiro atoms. The van der Waals surface area contributed by atoms with Crippen molar-refractivity contribution >= 4 is 5.78 Å². The average molecular weight is 255 g/mol. The second-order valence-corrected chi connectivity index (χ2v) is 5.73. The second kappa shape index (κ2) is 4.43. The van der Waals surface area contributed by atoms with Gasteiger partial charge in [-0.05, 0) is 32.4 Å². The highest BCUT2D eigenvalue weighted by molar-refractivity contribution is 6.01. The summed E-state index contributed by atoms with van der Waals surface area (Å²) in [4.78, 5) is 12.3. The smallest absolute Gasteiger partial charge is 0.173 e. The van der Waals surface area contributed by atoms with E-state index >= 15 is 0 Å². The first-order valence-electron chi connectivity index (χ1n) is 5.78. The van der Waals surface area contributed by atoms with Crippen LogP contribution >= 0.6 is 0 Å². The topological polar surface area (TPSA) is 43.1 Å². The maximum atomic E-state index is 13.8. The van der Waals surface area contributed by atoms with Crippen molar-refractivity contribution < 1.29 is 13.6 Å². The minimum absolute atomic E-state index is 0.175. The lowest BCUT2D eigenvalue weighted by Crippen LogP contribution is -2.52. The first-order valence-corrected chi connectivity index (χ1v) is 5.78. The van der Waals surface area contributed by atoms with Gasteiger partial charge in [0.15, 0.2) is 17.4 Å². The maximum Gasteiger partial charge on any atom is 0.173 e. The summed E-state index contributed by atoms with van der Waals surface area (Å²) in [6.45, 7) is 8.09. The van der Waals surface area contributed by atoms with Gasteiger partial charge < -0.3 is 5.73 Å². The molecule has 2 nitrogen and oxygen atoms in total. The van der Waals surface area contributed by atoms with Gasteiger partial charge in [-0.25, -0.2) is 8.78 Å². The molecule has 0 aliphatic carbocycles. The van der Waals surface area contributed by atoms with Gasteiger partial charge in [0.1, 0.15) is 0 Å². The molecule has 0 heterocycles. The summed E-state index contributed by atoms with van der Waals surface area (Å²) in [5, 5.41) is 0. The second-order valence-electron chi connectivity index (χ2n) is 5.73. The van der Waals surface area contributed by atoms with Crippen molar-refractivity contribution in [2.45, 2.75) is 40.2 Å². The SMILES string of the molecule is Cc1ccc(C(=O)C(C)(C)C(C)(C)N)c(F)c1F. The van der Waals surface area contributed by atoms with Crippen LogP contribution in [-0.2, 0) is 0 Å². The Morgan fingerprint density at radius 3 is 2.06 bits per heavy atom. The first kappa shape index (κ1) is 14.8. The van der Waals surface area contributed by atoms with E-state index in [1.54, 1.807) is 27.7 Å². The third-order valence-electron chi connectivity index (χ3n) is 3.70. The Bertz CT molecular complexity index is 487. The summed E-state index contributed by atoms with van der Waals surface area (Å²) in [6.07, 6.45) is 0. The van der Waals surface area contributed by atoms with E-state index < -0.39 is 28.4 Å². The quantitative estimate of drug-likeness (QED) is 0.843. The number of Topliss-reactive ketones (excluding diaryl/α,β-unsaturated/α-hetero) is 1. The molecule has 0 atom stereocenters. The maximum absolute atomic E-state index is 13.8. The molecule has 0 aliphatic rings. The number of carbonyl (C=O) groups is 1. The molecule has 0 amide bonds. The number of rotatable bonds is 3. The largest absolute Gasteiger partial charge is 0.325 e. The first-order chi connectivity index (χ1) is 8.00. The number of carbonyl (C=O) groups excluding carboxylic acids is 1. The van der Waals surface area contributed by atoms with Gasteiger partial charge in [0.2, 0.25) is 0 Å². The molecule has 0 saturated heterocycles. The molecular weight excluding hydrogens is 236 g/mol. The predicted octanol–water partition coefficient (Wildman–Crippen LogP) is 3.22. The minimum atomic E-state index is -1.10. The van der Waals surface area contributed by atoms with E-state index in [1.807, 2.05) is 0 Å². The number of hydrogen-bond donors (Lipinski definition) is 1. The van der Waals surface area contributed by atoms with Crippen molar-refractivity contribution in [3.63, 3.8) is 0 Å². The van der Waals surface area contributed by atoms with Crippen LogP contribution in [0.25, 0.3) is 0 Å². The van der Waals surface area contributed by atoms with Crippen LogP contribution in [0.2, 0.25) is 0 Å². The summed E-state index contributed by atoms with van der Waals surface area (Å²) in [5.74, 6) is -2.57. The van der Waals surface area contributed by atoms with Crippen LogP contribution in [0.15, 0.2) is 12.1 Å². The van der Waals surface area contributed by atoms with Crippen molar-refractivity contribution in [1.82, 2.24) is 0 Å².